The Kier molecular flexibility index (Phi) is 4.80. The van der Waals surface area contributed by atoms with Gasteiger partial charge in [0, 0.05) is 30.3 Å². The summed E-state index contributed by atoms with van der Waals surface area (Å²) in [6.45, 7) is 0.670. The van der Waals surface area contributed by atoms with E-state index in [2.05, 4.69) is 35.8 Å². The predicted molar refractivity (Wildman–Crippen MR) is 94.5 cm³/mol. The minimum absolute atomic E-state index is 0.0448. The molecule has 1 heterocycles. The average Bonchev–Trinajstić information content (AvgIpc) is 3.12. The summed E-state index contributed by atoms with van der Waals surface area (Å²) in [7, 11) is 1.80. The summed E-state index contributed by atoms with van der Waals surface area (Å²) in [6.07, 6.45) is 2.87. The van der Waals surface area contributed by atoms with Crippen molar-refractivity contribution in [3.8, 4) is 11.9 Å². The van der Waals surface area contributed by atoms with Crippen LogP contribution in [0.1, 0.15) is 17.4 Å². The third-order valence-electron chi connectivity index (χ3n) is 3.78. The lowest BCUT2D eigenvalue weighted by Gasteiger charge is -2.20. The van der Waals surface area contributed by atoms with Crippen molar-refractivity contribution in [2.75, 3.05) is 13.6 Å². The van der Waals surface area contributed by atoms with Gasteiger partial charge in [-0.05, 0) is 22.9 Å². The lowest BCUT2D eigenvalue weighted by atomic mass is 10.1. The van der Waals surface area contributed by atoms with Gasteiger partial charge < -0.3 is 9.64 Å². The maximum absolute atomic E-state index is 8.95. The number of nitriles is 1. The van der Waals surface area contributed by atoms with Crippen LogP contribution in [0.5, 0.6) is 5.75 Å². The summed E-state index contributed by atoms with van der Waals surface area (Å²) in [4.78, 5) is 2.82. The Balaban J connectivity index is 1.87. The highest BCUT2D eigenvalue weighted by Crippen LogP contribution is 2.32. The monoisotopic (exact) mass is 322 g/mol. The van der Waals surface area contributed by atoms with E-state index in [4.69, 9.17) is 10.00 Å². The molecule has 0 saturated carbocycles. The fourth-order valence-corrected chi connectivity index (χ4v) is 3.34. The molecule has 3 rings (SSSR count). The number of thiophene rings is 1. The molecular weight excluding hydrogens is 304 g/mol. The predicted octanol–water partition coefficient (Wildman–Crippen LogP) is 4.82. The van der Waals surface area contributed by atoms with Gasteiger partial charge in [0.2, 0.25) is 0 Å². The lowest BCUT2D eigenvalue weighted by molar-refractivity contribution is 0.190. The number of benzene rings is 2. The van der Waals surface area contributed by atoms with E-state index in [1.54, 1.807) is 23.3 Å². The molecule has 4 heteroatoms. The second-order valence-corrected chi connectivity index (χ2v) is 6.39. The second-order valence-electron chi connectivity index (χ2n) is 5.41. The molecule has 116 valence electrons. The van der Waals surface area contributed by atoms with Crippen LogP contribution in [0.2, 0.25) is 0 Å². The summed E-state index contributed by atoms with van der Waals surface area (Å²) in [5, 5.41) is 13.3. The van der Waals surface area contributed by atoms with Gasteiger partial charge in [-0.2, -0.15) is 5.26 Å². The van der Waals surface area contributed by atoms with Gasteiger partial charge in [-0.25, -0.2) is 0 Å². The lowest BCUT2D eigenvalue weighted by Crippen LogP contribution is -2.18. The summed E-state index contributed by atoms with van der Waals surface area (Å²) >= 11 is 1.69. The molecule has 3 nitrogen and oxygen atoms in total. The largest absolute Gasteiger partial charge is 0.484 e. The summed E-state index contributed by atoms with van der Waals surface area (Å²) in [6, 6.07) is 18.5. The van der Waals surface area contributed by atoms with E-state index in [1.807, 2.05) is 30.3 Å². The molecule has 23 heavy (non-hydrogen) atoms. The maximum Gasteiger partial charge on any atom is 0.179 e. The van der Waals surface area contributed by atoms with Crippen molar-refractivity contribution in [1.29, 1.82) is 5.26 Å². The van der Waals surface area contributed by atoms with Crippen molar-refractivity contribution >= 4 is 22.1 Å². The zero-order chi connectivity index (χ0) is 16.1. The smallest absolute Gasteiger partial charge is 0.179 e. The van der Waals surface area contributed by atoms with Gasteiger partial charge in [-0.1, -0.05) is 42.5 Å². The first-order valence-electron chi connectivity index (χ1n) is 7.56. The summed E-state index contributed by atoms with van der Waals surface area (Å²) in [5.41, 5.74) is 0. The number of fused-ring (bicyclic) bond motifs is 1. The standard InChI is InChI=1S/C19H18N2OS/c1-21(14-20)12-11-18(19-10-5-13-23-19)22-17-9-4-7-15-6-2-3-8-16(15)17/h2-10,13,18H,11-12H2,1H3/t18-/m0/s1. The maximum atomic E-state index is 8.95. The zero-order valence-electron chi connectivity index (χ0n) is 13.0. The van der Waals surface area contributed by atoms with E-state index in [1.165, 1.54) is 10.3 Å². The van der Waals surface area contributed by atoms with Crippen LogP contribution in [0.15, 0.2) is 60.0 Å². The van der Waals surface area contributed by atoms with Crippen LogP contribution in [0.25, 0.3) is 10.8 Å². The Morgan fingerprint density at radius 1 is 1.13 bits per heavy atom. The first-order valence-corrected chi connectivity index (χ1v) is 8.44. The van der Waals surface area contributed by atoms with E-state index in [0.717, 1.165) is 17.6 Å². The quantitative estimate of drug-likeness (QED) is 0.482. The van der Waals surface area contributed by atoms with E-state index in [0.29, 0.717) is 6.54 Å². The summed E-state index contributed by atoms with van der Waals surface area (Å²) < 4.78 is 6.34. The second kappa shape index (κ2) is 7.17. The van der Waals surface area contributed by atoms with E-state index in [-0.39, 0.29) is 6.10 Å². The number of nitrogens with zero attached hydrogens (tertiary/aromatic N) is 2. The Morgan fingerprint density at radius 2 is 1.96 bits per heavy atom. The molecule has 3 aromatic rings. The molecule has 1 aromatic heterocycles. The van der Waals surface area contributed by atoms with Crippen LogP contribution in [0.4, 0.5) is 0 Å². The minimum atomic E-state index is -0.0448. The molecule has 2 aromatic carbocycles. The SMILES string of the molecule is CN(C#N)CC[C@H](Oc1cccc2ccccc12)c1cccs1. The van der Waals surface area contributed by atoms with Crippen molar-refractivity contribution in [3.05, 3.63) is 64.9 Å². The highest BCUT2D eigenvalue weighted by atomic mass is 32.1. The van der Waals surface area contributed by atoms with E-state index >= 15 is 0 Å². The minimum Gasteiger partial charge on any atom is -0.484 e. The zero-order valence-corrected chi connectivity index (χ0v) is 13.8. The van der Waals surface area contributed by atoms with Crippen molar-refractivity contribution < 1.29 is 4.74 Å². The van der Waals surface area contributed by atoms with Gasteiger partial charge in [-0.3, -0.25) is 0 Å². The van der Waals surface area contributed by atoms with Gasteiger partial charge in [0.15, 0.2) is 6.19 Å². The Labute approximate surface area is 140 Å². The number of ether oxygens (including phenoxy) is 1. The first-order chi connectivity index (χ1) is 11.3. The number of hydrogen-bond acceptors (Lipinski definition) is 4. The molecule has 0 N–H and O–H groups in total. The molecule has 0 aliphatic rings. The van der Waals surface area contributed by atoms with Crippen molar-refractivity contribution in [1.82, 2.24) is 4.90 Å². The highest BCUT2D eigenvalue weighted by Gasteiger charge is 2.16. The molecule has 0 spiro atoms. The normalized spacial score (nSPS) is 11.8. The topological polar surface area (TPSA) is 36.3 Å². The van der Waals surface area contributed by atoms with Gasteiger partial charge >= 0.3 is 0 Å². The Morgan fingerprint density at radius 3 is 2.74 bits per heavy atom. The van der Waals surface area contributed by atoms with Gasteiger partial charge in [0.25, 0.3) is 0 Å². The molecule has 0 radical (unpaired) electrons. The van der Waals surface area contributed by atoms with E-state index in [9.17, 15) is 0 Å². The van der Waals surface area contributed by atoms with Crippen molar-refractivity contribution in [2.24, 2.45) is 0 Å². The fourth-order valence-electron chi connectivity index (χ4n) is 2.55. The van der Waals surface area contributed by atoms with Crippen LogP contribution < -0.4 is 4.74 Å². The molecule has 0 saturated heterocycles. The van der Waals surface area contributed by atoms with Crippen LogP contribution in [0, 0.1) is 11.5 Å². The Hall–Kier alpha value is -2.51. The molecule has 0 aliphatic carbocycles. The fraction of sp³-hybridized carbons (Fsp3) is 0.211. The molecular formula is C19H18N2OS. The van der Waals surface area contributed by atoms with Crippen LogP contribution in [-0.4, -0.2) is 18.5 Å². The Bertz CT molecular complexity index is 802. The van der Waals surface area contributed by atoms with Crippen LogP contribution in [-0.2, 0) is 0 Å². The number of hydrogen-bond donors (Lipinski definition) is 0. The molecule has 0 amide bonds. The van der Waals surface area contributed by atoms with Crippen molar-refractivity contribution in [2.45, 2.75) is 12.5 Å². The molecule has 0 aliphatic heterocycles. The molecule has 1 atom stereocenters. The molecule has 0 fully saturated rings. The number of rotatable bonds is 6. The summed E-state index contributed by atoms with van der Waals surface area (Å²) in [5.74, 6) is 0.890. The average molecular weight is 322 g/mol. The highest BCUT2D eigenvalue weighted by molar-refractivity contribution is 7.10. The third-order valence-corrected chi connectivity index (χ3v) is 4.74. The third kappa shape index (κ3) is 3.64. The van der Waals surface area contributed by atoms with Gasteiger partial charge in [-0.15, -0.1) is 11.3 Å². The van der Waals surface area contributed by atoms with Crippen molar-refractivity contribution in [3.63, 3.8) is 0 Å². The van der Waals surface area contributed by atoms with Crippen LogP contribution in [0.3, 0.4) is 0 Å². The van der Waals surface area contributed by atoms with Gasteiger partial charge in [0.1, 0.15) is 11.9 Å². The molecule has 0 bridgehead atoms. The first kappa shape index (κ1) is 15.4. The van der Waals surface area contributed by atoms with E-state index < -0.39 is 0 Å². The van der Waals surface area contributed by atoms with Crippen LogP contribution >= 0.6 is 11.3 Å². The van der Waals surface area contributed by atoms with Gasteiger partial charge in [0.05, 0.1) is 0 Å². The molecule has 0 unspecified atom stereocenters.